The van der Waals surface area contributed by atoms with Crippen molar-refractivity contribution in [2.24, 2.45) is 0 Å². The Balaban J connectivity index is 1.60. The summed E-state index contributed by atoms with van der Waals surface area (Å²) < 4.78 is 14.5. The molecule has 0 fully saturated rings. The molecule has 6 nitrogen and oxygen atoms in total. The number of nitrogens with zero attached hydrogens (tertiary/aromatic N) is 3. The monoisotopic (exact) mass is 394 g/mol. The Hall–Kier alpha value is -3.39. The lowest BCUT2D eigenvalue weighted by molar-refractivity contribution is 0.0950. The molecular formula is C20H15FN4O2S. The van der Waals surface area contributed by atoms with E-state index in [1.165, 1.54) is 40.1 Å². The van der Waals surface area contributed by atoms with Crippen LogP contribution in [0.5, 0.6) is 0 Å². The predicted molar refractivity (Wildman–Crippen MR) is 105 cm³/mol. The fourth-order valence-electron chi connectivity index (χ4n) is 2.77. The van der Waals surface area contributed by atoms with E-state index in [2.05, 4.69) is 15.4 Å². The summed E-state index contributed by atoms with van der Waals surface area (Å²) >= 11 is 1.30. The molecule has 0 spiro atoms. The molecule has 0 saturated carbocycles. The van der Waals surface area contributed by atoms with Gasteiger partial charge in [-0.15, -0.1) is 0 Å². The number of aromatic nitrogens is 3. The molecule has 28 heavy (non-hydrogen) atoms. The average molecular weight is 394 g/mol. The standard InChI is InChI=1S/C20H15FN4O2S/c1-12-5-2-3-8-16(12)19-24-25-17(26)10-15(23-20(25)28-19)11-22-18(27)13-6-4-7-14(21)9-13/h2-10H,11H2,1H3,(H,22,27). The van der Waals surface area contributed by atoms with Gasteiger partial charge in [-0.3, -0.25) is 9.59 Å². The number of benzene rings is 2. The Morgan fingerprint density at radius 2 is 2.00 bits per heavy atom. The highest BCUT2D eigenvalue weighted by Gasteiger charge is 2.13. The number of halogens is 1. The Morgan fingerprint density at radius 1 is 1.18 bits per heavy atom. The minimum atomic E-state index is -0.487. The van der Waals surface area contributed by atoms with Crippen molar-refractivity contribution in [3.05, 3.63) is 87.6 Å². The lowest BCUT2D eigenvalue weighted by Gasteiger charge is -2.04. The van der Waals surface area contributed by atoms with Crippen molar-refractivity contribution < 1.29 is 9.18 Å². The molecule has 0 aliphatic carbocycles. The van der Waals surface area contributed by atoms with E-state index in [-0.39, 0.29) is 17.7 Å². The lowest BCUT2D eigenvalue weighted by Crippen LogP contribution is -2.25. The van der Waals surface area contributed by atoms with E-state index in [4.69, 9.17) is 0 Å². The van der Waals surface area contributed by atoms with Gasteiger partial charge in [0.1, 0.15) is 10.8 Å². The second-order valence-electron chi connectivity index (χ2n) is 6.20. The van der Waals surface area contributed by atoms with Gasteiger partial charge in [-0.2, -0.15) is 9.61 Å². The maximum Gasteiger partial charge on any atom is 0.275 e. The van der Waals surface area contributed by atoms with Crippen LogP contribution in [0.2, 0.25) is 0 Å². The molecule has 0 bridgehead atoms. The number of hydrogen-bond acceptors (Lipinski definition) is 5. The lowest BCUT2D eigenvalue weighted by atomic mass is 10.1. The second kappa shape index (κ2) is 7.32. The van der Waals surface area contributed by atoms with Gasteiger partial charge in [0.25, 0.3) is 11.5 Å². The van der Waals surface area contributed by atoms with Crippen LogP contribution in [0.15, 0.2) is 59.4 Å². The van der Waals surface area contributed by atoms with E-state index in [9.17, 15) is 14.0 Å². The van der Waals surface area contributed by atoms with Crippen molar-refractivity contribution in [3.8, 4) is 10.6 Å². The van der Waals surface area contributed by atoms with Gasteiger partial charge >= 0.3 is 0 Å². The van der Waals surface area contributed by atoms with Gasteiger partial charge in [0.05, 0.1) is 12.2 Å². The molecule has 0 atom stereocenters. The number of carbonyl (C=O) groups is 1. The molecule has 2 aromatic heterocycles. The fraction of sp³-hybridized carbons (Fsp3) is 0.100. The normalized spacial score (nSPS) is 10.9. The molecule has 8 heteroatoms. The highest BCUT2D eigenvalue weighted by molar-refractivity contribution is 7.19. The van der Waals surface area contributed by atoms with E-state index in [0.717, 1.165) is 17.2 Å². The fourth-order valence-corrected chi connectivity index (χ4v) is 3.79. The predicted octanol–water partition coefficient (Wildman–Crippen LogP) is 3.20. The third-order valence-electron chi connectivity index (χ3n) is 4.19. The van der Waals surface area contributed by atoms with Gasteiger partial charge in [0, 0.05) is 17.2 Å². The summed E-state index contributed by atoms with van der Waals surface area (Å²) in [6, 6.07) is 14.5. The molecule has 0 radical (unpaired) electrons. The van der Waals surface area contributed by atoms with E-state index in [1.807, 2.05) is 31.2 Å². The Labute approximate surface area is 163 Å². The molecule has 2 aromatic carbocycles. The third-order valence-corrected chi connectivity index (χ3v) is 5.13. The zero-order valence-corrected chi connectivity index (χ0v) is 15.7. The van der Waals surface area contributed by atoms with Gasteiger partial charge < -0.3 is 5.32 Å². The first kappa shape index (κ1) is 18.0. The summed E-state index contributed by atoms with van der Waals surface area (Å²) in [6.07, 6.45) is 0. The van der Waals surface area contributed by atoms with E-state index in [0.29, 0.717) is 15.7 Å². The smallest absolute Gasteiger partial charge is 0.275 e. The van der Waals surface area contributed by atoms with Crippen molar-refractivity contribution in [1.29, 1.82) is 0 Å². The second-order valence-corrected chi connectivity index (χ2v) is 7.15. The summed E-state index contributed by atoms with van der Waals surface area (Å²) in [5, 5.41) is 7.72. The summed E-state index contributed by atoms with van der Waals surface area (Å²) in [5.74, 6) is -0.926. The number of fused-ring (bicyclic) bond motifs is 1. The zero-order chi connectivity index (χ0) is 19.7. The molecule has 1 amide bonds. The SMILES string of the molecule is Cc1ccccc1-c1nn2c(=O)cc(CNC(=O)c3cccc(F)c3)nc2s1. The maximum atomic E-state index is 13.2. The highest BCUT2D eigenvalue weighted by Crippen LogP contribution is 2.26. The molecule has 1 N–H and O–H groups in total. The van der Waals surface area contributed by atoms with Gasteiger partial charge in [0.2, 0.25) is 4.96 Å². The van der Waals surface area contributed by atoms with Crippen LogP contribution < -0.4 is 10.9 Å². The Kier molecular flexibility index (Phi) is 4.70. The van der Waals surface area contributed by atoms with Gasteiger partial charge in [0.15, 0.2) is 0 Å². The first-order valence-corrected chi connectivity index (χ1v) is 9.32. The Bertz CT molecular complexity index is 1250. The quantitative estimate of drug-likeness (QED) is 0.577. The summed E-state index contributed by atoms with van der Waals surface area (Å²) in [5.41, 5.74) is 2.29. The van der Waals surface area contributed by atoms with Crippen molar-refractivity contribution in [2.75, 3.05) is 0 Å². The molecule has 0 aliphatic heterocycles. The largest absolute Gasteiger partial charge is 0.346 e. The van der Waals surface area contributed by atoms with Crippen LogP contribution in [0.25, 0.3) is 15.5 Å². The first-order valence-electron chi connectivity index (χ1n) is 8.51. The minimum Gasteiger partial charge on any atom is -0.346 e. The van der Waals surface area contributed by atoms with Gasteiger partial charge in [-0.25, -0.2) is 9.37 Å². The summed E-state index contributed by atoms with van der Waals surface area (Å²) in [7, 11) is 0. The first-order chi connectivity index (χ1) is 13.5. The van der Waals surface area contributed by atoms with E-state index >= 15 is 0 Å². The number of hydrogen-bond donors (Lipinski definition) is 1. The number of rotatable bonds is 4. The van der Waals surface area contributed by atoms with Crippen LogP contribution in [-0.4, -0.2) is 20.5 Å². The van der Waals surface area contributed by atoms with Crippen molar-refractivity contribution in [1.82, 2.24) is 19.9 Å². The van der Waals surface area contributed by atoms with E-state index in [1.54, 1.807) is 0 Å². The van der Waals surface area contributed by atoms with Gasteiger partial charge in [-0.1, -0.05) is 41.7 Å². The number of nitrogens with one attached hydrogen (secondary N) is 1. The van der Waals surface area contributed by atoms with Crippen LogP contribution >= 0.6 is 11.3 Å². The van der Waals surface area contributed by atoms with Crippen molar-refractivity contribution >= 4 is 22.2 Å². The highest BCUT2D eigenvalue weighted by atomic mass is 32.1. The molecule has 140 valence electrons. The van der Waals surface area contributed by atoms with Crippen LogP contribution in [0.1, 0.15) is 21.6 Å². The van der Waals surface area contributed by atoms with Gasteiger partial charge in [-0.05, 0) is 30.7 Å². The van der Waals surface area contributed by atoms with Crippen molar-refractivity contribution in [3.63, 3.8) is 0 Å². The topological polar surface area (TPSA) is 76.4 Å². The Morgan fingerprint density at radius 3 is 2.79 bits per heavy atom. The van der Waals surface area contributed by atoms with E-state index < -0.39 is 11.7 Å². The molecule has 4 rings (SSSR count). The molecule has 4 aromatic rings. The average Bonchev–Trinajstić information content (AvgIpc) is 3.11. The summed E-state index contributed by atoms with van der Waals surface area (Å²) in [6.45, 7) is 2.03. The van der Waals surface area contributed by atoms with Crippen LogP contribution in [0.3, 0.4) is 0 Å². The molecular weight excluding hydrogens is 379 g/mol. The molecule has 0 unspecified atom stereocenters. The van der Waals surface area contributed by atoms with Crippen LogP contribution in [-0.2, 0) is 6.54 Å². The number of carbonyl (C=O) groups excluding carboxylic acids is 1. The molecule has 0 saturated heterocycles. The molecule has 0 aliphatic rings. The molecule has 2 heterocycles. The zero-order valence-electron chi connectivity index (χ0n) is 14.8. The van der Waals surface area contributed by atoms with Crippen LogP contribution in [0.4, 0.5) is 4.39 Å². The minimum absolute atomic E-state index is 0.0543. The van der Waals surface area contributed by atoms with Crippen molar-refractivity contribution in [2.45, 2.75) is 13.5 Å². The summed E-state index contributed by atoms with van der Waals surface area (Å²) in [4.78, 5) is 29.4. The third kappa shape index (κ3) is 3.54. The maximum absolute atomic E-state index is 13.2. The number of aryl methyl sites for hydroxylation is 1. The number of amides is 1. The van der Waals surface area contributed by atoms with Crippen LogP contribution in [0, 0.1) is 12.7 Å².